The van der Waals surface area contributed by atoms with Crippen LogP contribution in [0.4, 0.5) is 23.0 Å². The second-order valence-electron chi connectivity index (χ2n) is 9.52. The van der Waals surface area contributed by atoms with Gasteiger partial charge in [0.25, 0.3) is 0 Å². The Kier molecular flexibility index (Phi) is 7.32. The van der Waals surface area contributed by atoms with Gasteiger partial charge in [-0.3, -0.25) is 4.79 Å². The van der Waals surface area contributed by atoms with Gasteiger partial charge in [0.1, 0.15) is 11.6 Å². The van der Waals surface area contributed by atoms with E-state index in [1.807, 2.05) is 31.5 Å². The Labute approximate surface area is 213 Å². The molecule has 8 nitrogen and oxygen atoms in total. The average Bonchev–Trinajstić information content (AvgIpc) is 2.99. The highest BCUT2D eigenvalue weighted by Crippen LogP contribution is 2.35. The molecule has 0 bridgehead atoms. The van der Waals surface area contributed by atoms with E-state index in [-0.39, 0.29) is 5.91 Å². The van der Waals surface area contributed by atoms with Crippen LogP contribution in [-0.2, 0) is 4.79 Å². The number of piperazine rings is 1. The second-order valence-corrected chi connectivity index (χ2v) is 9.52. The highest BCUT2D eigenvalue weighted by molar-refractivity contribution is 5.97. The molecule has 1 fully saturated rings. The summed E-state index contributed by atoms with van der Waals surface area (Å²) in [5, 5.41) is 9.95. The van der Waals surface area contributed by atoms with Crippen LogP contribution in [0.25, 0.3) is 5.57 Å². The molecule has 36 heavy (non-hydrogen) atoms. The smallest absolute Gasteiger partial charge is 0.247 e. The predicted octanol–water partition coefficient (Wildman–Crippen LogP) is 3.95. The van der Waals surface area contributed by atoms with Crippen molar-refractivity contribution in [1.29, 1.82) is 0 Å². The summed E-state index contributed by atoms with van der Waals surface area (Å²) in [7, 11) is 2.16. The van der Waals surface area contributed by atoms with Gasteiger partial charge in [-0.2, -0.15) is 0 Å². The van der Waals surface area contributed by atoms with Crippen LogP contribution >= 0.6 is 0 Å². The Hall–Kier alpha value is -3.65. The molecule has 2 aromatic heterocycles. The van der Waals surface area contributed by atoms with Crippen molar-refractivity contribution in [3.8, 4) is 0 Å². The van der Waals surface area contributed by atoms with Crippen LogP contribution in [0.5, 0.6) is 0 Å². The third kappa shape index (κ3) is 5.44. The molecular weight excluding hydrogens is 450 g/mol. The van der Waals surface area contributed by atoms with Gasteiger partial charge in [-0.25, -0.2) is 9.97 Å². The Bertz CT molecular complexity index is 1210. The van der Waals surface area contributed by atoms with Crippen molar-refractivity contribution in [1.82, 2.24) is 20.2 Å². The first-order valence-electron chi connectivity index (χ1n) is 12.9. The van der Waals surface area contributed by atoms with Crippen LogP contribution in [0.3, 0.4) is 0 Å². The average molecular weight is 486 g/mol. The molecule has 0 unspecified atom stereocenters. The minimum Gasteiger partial charge on any atom is -0.366 e. The SMILES string of the molecule is CC/C1=C\C(C2=CCNc3ncc(Nc4ccnc(N5CCN(C)CC5)c4)cc32)=C/CCCNC1=O. The maximum atomic E-state index is 12.6. The van der Waals surface area contributed by atoms with E-state index in [2.05, 4.69) is 62.1 Å². The van der Waals surface area contributed by atoms with E-state index < -0.39 is 0 Å². The standard InChI is InChI=1S/C28H35N7O/c1-3-20-16-21(6-4-5-9-31-28(20)36)24-8-11-30-27-25(24)17-23(19-32-27)33-22-7-10-29-26(18-22)35-14-12-34(2)13-15-35/h6-8,10,16-19H,3-5,9,11-15H2,1-2H3,(H,29,33)(H,30,32)(H,31,36)/b20-16+,21-6+. The molecule has 5 heterocycles. The zero-order valence-electron chi connectivity index (χ0n) is 21.2. The maximum Gasteiger partial charge on any atom is 0.247 e. The summed E-state index contributed by atoms with van der Waals surface area (Å²) in [4.78, 5) is 26.6. The van der Waals surface area contributed by atoms with E-state index >= 15 is 0 Å². The number of nitrogens with one attached hydrogen (secondary N) is 3. The van der Waals surface area contributed by atoms with Gasteiger partial charge in [-0.05, 0) is 55.7 Å². The number of anilines is 4. The Morgan fingerprint density at radius 2 is 1.92 bits per heavy atom. The molecule has 5 rings (SSSR count). The van der Waals surface area contributed by atoms with E-state index in [0.29, 0.717) is 19.5 Å². The van der Waals surface area contributed by atoms with Crippen molar-refractivity contribution in [3.05, 3.63) is 65.5 Å². The molecule has 0 radical (unpaired) electrons. The summed E-state index contributed by atoms with van der Waals surface area (Å²) < 4.78 is 0. The molecule has 188 valence electrons. The third-order valence-electron chi connectivity index (χ3n) is 6.96. The first-order valence-corrected chi connectivity index (χ1v) is 12.9. The molecule has 3 N–H and O–H groups in total. The van der Waals surface area contributed by atoms with E-state index in [1.165, 1.54) is 0 Å². The summed E-state index contributed by atoms with van der Waals surface area (Å²) in [5.41, 5.74) is 5.96. The van der Waals surface area contributed by atoms with Crippen LogP contribution in [0.15, 0.2) is 60.0 Å². The fourth-order valence-corrected chi connectivity index (χ4v) is 4.82. The van der Waals surface area contributed by atoms with Crippen molar-refractivity contribution in [2.45, 2.75) is 26.2 Å². The summed E-state index contributed by atoms with van der Waals surface area (Å²) in [6.45, 7) is 7.49. The lowest BCUT2D eigenvalue weighted by Crippen LogP contribution is -2.44. The quantitative estimate of drug-likeness (QED) is 0.591. The molecule has 1 amide bonds. The van der Waals surface area contributed by atoms with Crippen LogP contribution < -0.4 is 20.9 Å². The number of nitrogens with zero attached hydrogens (tertiary/aromatic N) is 4. The Morgan fingerprint density at radius 1 is 1.06 bits per heavy atom. The van der Waals surface area contributed by atoms with E-state index in [1.54, 1.807) is 0 Å². The number of likely N-dealkylation sites (N-methyl/N-ethyl adjacent to an activating group) is 1. The van der Waals surface area contributed by atoms with Gasteiger partial charge in [0.15, 0.2) is 0 Å². The van der Waals surface area contributed by atoms with Crippen molar-refractivity contribution >= 4 is 34.5 Å². The Morgan fingerprint density at radius 3 is 2.75 bits per heavy atom. The fraction of sp³-hybridized carbons (Fsp3) is 0.393. The van der Waals surface area contributed by atoms with Crippen molar-refractivity contribution < 1.29 is 4.79 Å². The maximum absolute atomic E-state index is 12.6. The minimum absolute atomic E-state index is 0.0300. The molecule has 0 atom stereocenters. The summed E-state index contributed by atoms with van der Waals surface area (Å²) in [6, 6.07) is 6.24. The topological polar surface area (TPSA) is 85.4 Å². The Balaban J connectivity index is 1.41. The molecule has 0 aliphatic carbocycles. The zero-order valence-corrected chi connectivity index (χ0v) is 21.2. The summed E-state index contributed by atoms with van der Waals surface area (Å²) in [6.07, 6.45) is 12.8. The van der Waals surface area contributed by atoms with Gasteiger partial charge in [0.05, 0.1) is 11.9 Å². The lowest BCUT2D eigenvalue weighted by atomic mass is 9.92. The lowest BCUT2D eigenvalue weighted by Gasteiger charge is -2.33. The highest BCUT2D eigenvalue weighted by Gasteiger charge is 2.20. The summed E-state index contributed by atoms with van der Waals surface area (Å²) in [5.74, 6) is 1.89. The van der Waals surface area contributed by atoms with Crippen molar-refractivity contribution in [3.63, 3.8) is 0 Å². The number of pyridine rings is 2. The molecule has 0 aromatic carbocycles. The molecule has 3 aliphatic rings. The number of aromatic nitrogens is 2. The molecular formula is C28H35N7O. The van der Waals surface area contributed by atoms with E-state index in [0.717, 1.165) is 84.3 Å². The second kappa shape index (κ2) is 11.0. The number of fused-ring (bicyclic) bond motifs is 1. The molecule has 0 spiro atoms. The first-order chi connectivity index (χ1) is 17.6. The van der Waals surface area contributed by atoms with Gasteiger partial charge in [-0.15, -0.1) is 0 Å². The minimum atomic E-state index is 0.0300. The van der Waals surface area contributed by atoms with Gasteiger partial charge in [0.2, 0.25) is 5.91 Å². The number of allylic oxidation sites excluding steroid dienone is 4. The van der Waals surface area contributed by atoms with Crippen molar-refractivity contribution in [2.75, 3.05) is 61.8 Å². The number of hydrogen-bond donors (Lipinski definition) is 3. The van der Waals surface area contributed by atoms with E-state index in [9.17, 15) is 4.79 Å². The molecule has 1 saturated heterocycles. The number of carbonyl (C=O) groups excluding carboxylic acids is 1. The monoisotopic (exact) mass is 485 g/mol. The molecule has 0 saturated carbocycles. The largest absolute Gasteiger partial charge is 0.366 e. The normalized spacial score (nSPS) is 21.8. The van der Waals surface area contributed by atoms with Crippen LogP contribution in [0.1, 0.15) is 31.7 Å². The molecule has 8 heteroatoms. The molecule has 3 aliphatic heterocycles. The number of rotatable bonds is 5. The van der Waals surface area contributed by atoms with Crippen LogP contribution in [0.2, 0.25) is 0 Å². The zero-order chi connectivity index (χ0) is 24.9. The molecule has 2 aromatic rings. The predicted molar refractivity (Wildman–Crippen MR) is 147 cm³/mol. The number of hydrogen-bond acceptors (Lipinski definition) is 7. The fourth-order valence-electron chi connectivity index (χ4n) is 4.82. The van der Waals surface area contributed by atoms with Gasteiger partial charge in [-0.1, -0.05) is 19.1 Å². The first kappa shape index (κ1) is 24.1. The van der Waals surface area contributed by atoms with Crippen molar-refractivity contribution in [2.24, 2.45) is 0 Å². The van der Waals surface area contributed by atoms with Crippen LogP contribution in [0, 0.1) is 0 Å². The van der Waals surface area contributed by atoms with Crippen LogP contribution in [-0.4, -0.2) is 67.1 Å². The number of amides is 1. The van der Waals surface area contributed by atoms with Gasteiger partial charge >= 0.3 is 0 Å². The number of carbonyl (C=O) groups is 1. The van der Waals surface area contributed by atoms with E-state index in [4.69, 9.17) is 4.98 Å². The highest BCUT2D eigenvalue weighted by atomic mass is 16.1. The van der Waals surface area contributed by atoms with Gasteiger partial charge < -0.3 is 25.8 Å². The summed E-state index contributed by atoms with van der Waals surface area (Å²) >= 11 is 0. The third-order valence-corrected chi connectivity index (χ3v) is 6.96. The lowest BCUT2D eigenvalue weighted by molar-refractivity contribution is -0.117. The van der Waals surface area contributed by atoms with Gasteiger partial charge in [0, 0.05) is 68.4 Å².